The summed E-state index contributed by atoms with van der Waals surface area (Å²) in [7, 11) is 0. The normalized spacial score (nSPS) is 10.0. The van der Waals surface area contributed by atoms with E-state index in [4.69, 9.17) is 0 Å². The van der Waals surface area contributed by atoms with Crippen LogP contribution in [0, 0.1) is 19.7 Å². The van der Waals surface area contributed by atoms with Gasteiger partial charge in [0.05, 0.1) is 0 Å². The molecule has 0 aliphatic carbocycles. The molecule has 0 unspecified atom stereocenters. The van der Waals surface area contributed by atoms with E-state index >= 15 is 0 Å². The Balaban J connectivity index is 3.31. The Morgan fingerprint density at radius 3 is 2.00 bits per heavy atom. The Morgan fingerprint density at radius 1 is 1.20 bits per heavy atom. The maximum atomic E-state index is 12.6. The third-order valence-electron chi connectivity index (χ3n) is 1.46. The molecule has 0 nitrogen and oxygen atoms in total. The predicted octanol–water partition coefficient (Wildman–Crippen LogP) is 2.73. The number of hydrogen-bond acceptors (Lipinski definition) is 1. The monoisotopic (exact) mass is 156 g/mol. The van der Waals surface area contributed by atoms with Gasteiger partial charge in [-0.1, -0.05) is 0 Å². The summed E-state index contributed by atoms with van der Waals surface area (Å²) in [6, 6.07) is 2.96. The van der Waals surface area contributed by atoms with Crippen LogP contribution in [-0.4, -0.2) is 0 Å². The summed E-state index contributed by atoms with van der Waals surface area (Å²) in [5, 5.41) is 0. The van der Waals surface area contributed by atoms with Gasteiger partial charge in [-0.25, -0.2) is 4.39 Å². The van der Waals surface area contributed by atoms with E-state index in [1.165, 1.54) is 12.1 Å². The lowest BCUT2D eigenvalue weighted by atomic mass is 10.1. The minimum atomic E-state index is -0.187. The van der Waals surface area contributed by atoms with Gasteiger partial charge in [-0.05, 0) is 37.1 Å². The van der Waals surface area contributed by atoms with Crippen molar-refractivity contribution in [3.05, 3.63) is 29.1 Å². The van der Waals surface area contributed by atoms with Crippen molar-refractivity contribution < 1.29 is 4.39 Å². The second-order valence-electron chi connectivity index (χ2n) is 2.39. The molecule has 0 saturated heterocycles. The third kappa shape index (κ3) is 1.32. The van der Waals surface area contributed by atoms with E-state index in [9.17, 15) is 4.39 Å². The minimum Gasteiger partial charge on any atom is -0.207 e. The van der Waals surface area contributed by atoms with Crippen LogP contribution >= 0.6 is 12.6 Å². The van der Waals surface area contributed by atoms with E-state index in [0.717, 1.165) is 16.0 Å². The fourth-order valence-electron chi connectivity index (χ4n) is 0.903. The predicted molar refractivity (Wildman–Crippen MR) is 43.1 cm³/mol. The van der Waals surface area contributed by atoms with Crippen LogP contribution in [0.3, 0.4) is 0 Å². The summed E-state index contributed by atoms with van der Waals surface area (Å²) < 4.78 is 12.6. The number of benzene rings is 1. The zero-order valence-electron chi connectivity index (χ0n) is 5.98. The first-order chi connectivity index (χ1) is 4.61. The molecule has 1 aromatic rings. The molecule has 0 bridgehead atoms. The fourth-order valence-corrected chi connectivity index (χ4v) is 1.03. The molecule has 0 aliphatic rings. The minimum absolute atomic E-state index is 0.187. The van der Waals surface area contributed by atoms with Gasteiger partial charge in [0.1, 0.15) is 5.82 Å². The van der Waals surface area contributed by atoms with Crippen molar-refractivity contribution in [2.24, 2.45) is 0 Å². The third-order valence-corrected chi connectivity index (χ3v) is 2.16. The summed E-state index contributed by atoms with van der Waals surface area (Å²) >= 11 is 4.19. The van der Waals surface area contributed by atoms with Crippen molar-refractivity contribution in [2.45, 2.75) is 18.7 Å². The lowest BCUT2D eigenvalue weighted by molar-refractivity contribution is 0.623. The fraction of sp³-hybridized carbons (Fsp3) is 0.250. The molecule has 0 saturated carbocycles. The first kappa shape index (κ1) is 7.61. The van der Waals surface area contributed by atoms with Gasteiger partial charge in [-0.3, -0.25) is 0 Å². The maximum Gasteiger partial charge on any atom is 0.123 e. The van der Waals surface area contributed by atoms with E-state index in [2.05, 4.69) is 12.6 Å². The Morgan fingerprint density at radius 2 is 1.60 bits per heavy atom. The molecular weight excluding hydrogens is 147 g/mol. The van der Waals surface area contributed by atoms with Crippen molar-refractivity contribution in [3.8, 4) is 0 Å². The first-order valence-electron chi connectivity index (χ1n) is 3.07. The highest BCUT2D eigenvalue weighted by molar-refractivity contribution is 7.80. The quantitative estimate of drug-likeness (QED) is 0.548. The molecule has 1 rings (SSSR count). The van der Waals surface area contributed by atoms with Crippen LogP contribution < -0.4 is 0 Å². The Bertz CT molecular complexity index is 232. The molecule has 0 heterocycles. The van der Waals surface area contributed by atoms with Gasteiger partial charge in [0.15, 0.2) is 0 Å². The Labute approximate surface area is 65.5 Å². The molecule has 54 valence electrons. The van der Waals surface area contributed by atoms with Crippen molar-refractivity contribution in [1.82, 2.24) is 0 Å². The SMILES string of the molecule is Cc1cc(F)cc(C)c1S. The molecule has 0 atom stereocenters. The molecule has 10 heavy (non-hydrogen) atoms. The average Bonchev–Trinajstić information content (AvgIpc) is 1.82. The van der Waals surface area contributed by atoms with Crippen molar-refractivity contribution in [1.29, 1.82) is 0 Å². The van der Waals surface area contributed by atoms with E-state index in [-0.39, 0.29) is 5.82 Å². The van der Waals surface area contributed by atoms with Crippen molar-refractivity contribution >= 4 is 12.6 Å². The van der Waals surface area contributed by atoms with Crippen molar-refractivity contribution in [2.75, 3.05) is 0 Å². The second kappa shape index (κ2) is 2.62. The zero-order chi connectivity index (χ0) is 7.72. The van der Waals surface area contributed by atoms with Crippen LogP contribution in [0.15, 0.2) is 17.0 Å². The van der Waals surface area contributed by atoms with Crippen molar-refractivity contribution in [3.63, 3.8) is 0 Å². The topological polar surface area (TPSA) is 0 Å². The molecule has 1 aromatic carbocycles. The standard InChI is InChI=1S/C8H9FS/c1-5-3-7(9)4-6(2)8(5)10/h3-4,10H,1-2H3. The highest BCUT2D eigenvalue weighted by Gasteiger charge is 1.99. The molecule has 0 spiro atoms. The molecule has 0 N–H and O–H groups in total. The maximum absolute atomic E-state index is 12.6. The lowest BCUT2D eigenvalue weighted by Gasteiger charge is -2.01. The van der Waals surface area contributed by atoms with Crippen LogP contribution in [0.4, 0.5) is 4.39 Å². The highest BCUT2D eigenvalue weighted by atomic mass is 32.1. The van der Waals surface area contributed by atoms with Crippen LogP contribution in [0.25, 0.3) is 0 Å². The number of halogens is 1. The van der Waals surface area contributed by atoms with Crippen LogP contribution in [0.5, 0.6) is 0 Å². The largest absolute Gasteiger partial charge is 0.207 e. The van der Waals surface area contributed by atoms with Crippen LogP contribution in [0.2, 0.25) is 0 Å². The molecule has 2 heteroatoms. The Kier molecular flexibility index (Phi) is 2.00. The molecule has 0 aromatic heterocycles. The number of rotatable bonds is 0. The molecule has 0 amide bonds. The first-order valence-corrected chi connectivity index (χ1v) is 3.51. The van der Waals surface area contributed by atoms with E-state index < -0.39 is 0 Å². The number of aryl methyl sites for hydroxylation is 2. The summed E-state index contributed by atoms with van der Waals surface area (Å²) in [6.07, 6.45) is 0. The molecular formula is C8H9FS. The average molecular weight is 156 g/mol. The number of thiol groups is 1. The van der Waals surface area contributed by atoms with Gasteiger partial charge >= 0.3 is 0 Å². The van der Waals surface area contributed by atoms with Crippen LogP contribution in [0.1, 0.15) is 11.1 Å². The van der Waals surface area contributed by atoms with Gasteiger partial charge in [-0.15, -0.1) is 12.6 Å². The van der Waals surface area contributed by atoms with Gasteiger partial charge in [-0.2, -0.15) is 0 Å². The summed E-state index contributed by atoms with van der Waals surface area (Å²) in [5.74, 6) is -0.187. The van der Waals surface area contributed by atoms with Gasteiger partial charge < -0.3 is 0 Å². The van der Waals surface area contributed by atoms with E-state index in [0.29, 0.717) is 0 Å². The smallest absolute Gasteiger partial charge is 0.123 e. The van der Waals surface area contributed by atoms with E-state index in [1.807, 2.05) is 13.8 Å². The summed E-state index contributed by atoms with van der Waals surface area (Å²) in [5.41, 5.74) is 1.78. The number of hydrogen-bond donors (Lipinski definition) is 1. The summed E-state index contributed by atoms with van der Waals surface area (Å²) in [4.78, 5) is 0.876. The van der Waals surface area contributed by atoms with Crippen LogP contribution in [-0.2, 0) is 0 Å². The summed E-state index contributed by atoms with van der Waals surface area (Å²) in [6.45, 7) is 3.69. The van der Waals surface area contributed by atoms with Gasteiger partial charge in [0.25, 0.3) is 0 Å². The van der Waals surface area contributed by atoms with Gasteiger partial charge in [0, 0.05) is 4.90 Å². The van der Waals surface area contributed by atoms with E-state index in [1.54, 1.807) is 0 Å². The molecule has 0 radical (unpaired) electrons. The Hall–Kier alpha value is -0.500. The lowest BCUT2D eigenvalue weighted by Crippen LogP contribution is -1.84. The molecule has 0 fully saturated rings. The highest BCUT2D eigenvalue weighted by Crippen LogP contribution is 2.18. The zero-order valence-corrected chi connectivity index (χ0v) is 6.87. The van der Waals surface area contributed by atoms with Gasteiger partial charge in [0.2, 0.25) is 0 Å². The molecule has 0 aliphatic heterocycles. The second-order valence-corrected chi connectivity index (χ2v) is 2.84.